The molecular weight excluding hydrogens is 367 g/mol. The number of aliphatic hydroxyl groups is 1. The summed E-state index contributed by atoms with van der Waals surface area (Å²) in [5.74, 6) is -0.391. The van der Waals surface area contributed by atoms with Crippen LogP contribution < -0.4 is 0 Å². The van der Waals surface area contributed by atoms with Crippen LogP contribution in [0.25, 0.3) is 11.1 Å². The van der Waals surface area contributed by atoms with Gasteiger partial charge in [0, 0.05) is 5.56 Å². The Morgan fingerprint density at radius 3 is 2.45 bits per heavy atom. The molecular formula is C25H29FO3. The molecule has 2 aliphatic rings. The topological polar surface area (TPSA) is 46.5 Å². The minimum absolute atomic E-state index is 0.0216. The number of ether oxygens (including phenoxy) is 1. The first-order valence-electron chi connectivity index (χ1n) is 10.5. The zero-order valence-electron chi connectivity index (χ0n) is 17.4. The first-order valence-corrected chi connectivity index (χ1v) is 10.5. The molecule has 0 aromatic heterocycles. The SMILES string of the molecule is COC(=O)c1c(C2CCCC2)cc2c(c1-c1ccc(F)cc1)[C@@H](O)CC(C)(C)C2. The maximum Gasteiger partial charge on any atom is 0.338 e. The van der Waals surface area contributed by atoms with E-state index in [0.29, 0.717) is 17.9 Å². The fraction of sp³-hybridized carbons (Fsp3) is 0.480. The number of benzene rings is 2. The van der Waals surface area contributed by atoms with Crippen LogP contribution in [0.5, 0.6) is 0 Å². The highest BCUT2D eigenvalue weighted by Crippen LogP contribution is 2.49. The quantitative estimate of drug-likeness (QED) is 0.653. The van der Waals surface area contributed by atoms with Crippen molar-refractivity contribution >= 4 is 5.97 Å². The van der Waals surface area contributed by atoms with E-state index in [2.05, 4.69) is 19.9 Å². The molecule has 0 saturated heterocycles. The summed E-state index contributed by atoms with van der Waals surface area (Å²) in [6.45, 7) is 4.33. The second-order valence-electron chi connectivity index (χ2n) is 9.33. The number of carbonyl (C=O) groups excluding carboxylic acids is 1. The summed E-state index contributed by atoms with van der Waals surface area (Å²) < 4.78 is 18.8. The van der Waals surface area contributed by atoms with Crippen molar-refractivity contribution < 1.29 is 19.0 Å². The van der Waals surface area contributed by atoms with Gasteiger partial charge in [-0.2, -0.15) is 0 Å². The monoisotopic (exact) mass is 396 g/mol. The third-order valence-electron chi connectivity index (χ3n) is 6.55. The number of halogens is 1. The third-order valence-corrected chi connectivity index (χ3v) is 6.55. The van der Waals surface area contributed by atoms with Gasteiger partial charge >= 0.3 is 5.97 Å². The average molecular weight is 397 g/mol. The zero-order valence-corrected chi connectivity index (χ0v) is 17.4. The van der Waals surface area contributed by atoms with Gasteiger partial charge in [-0.3, -0.25) is 0 Å². The Balaban J connectivity index is 2.05. The molecule has 0 radical (unpaired) electrons. The van der Waals surface area contributed by atoms with Crippen molar-refractivity contribution in [2.75, 3.05) is 7.11 Å². The van der Waals surface area contributed by atoms with Gasteiger partial charge in [0.2, 0.25) is 0 Å². The van der Waals surface area contributed by atoms with Crippen LogP contribution in [0, 0.1) is 11.2 Å². The molecule has 0 heterocycles. The predicted octanol–water partition coefficient (Wildman–Crippen LogP) is 5.94. The van der Waals surface area contributed by atoms with Gasteiger partial charge in [0.25, 0.3) is 0 Å². The maximum absolute atomic E-state index is 13.6. The predicted molar refractivity (Wildman–Crippen MR) is 111 cm³/mol. The lowest BCUT2D eigenvalue weighted by atomic mass is 9.69. The number of hydrogen-bond acceptors (Lipinski definition) is 3. The summed E-state index contributed by atoms with van der Waals surface area (Å²) in [6, 6.07) is 8.35. The van der Waals surface area contributed by atoms with Crippen LogP contribution >= 0.6 is 0 Å². The number of esters is 1. The Bertz CT molecular complexity index is 924. The fourth-order valence-electron chi connectivity index (χ4n) is 5.31. The third kappa shape index (κ3) is 3.71. The highest BCUT2D eigenvalue weighted by Gasteiger charge is 2.37. The average Bonchev–Trinajstić information content (AvgIpc) is 3.20. The number of fused-ring (bicyclic) bond motifs is 1. The van der Waals surface area contributed by atoms with Crippen LogP contribution in [-0.2, 0) is 11.2 Å². The molecule has 0 aliphatic heterocycles. The first-order chi connectivity index (χ1) is 13.8. The van der Waals surface area contributed by atoms with Crippen molar-refractivity contribution in [3.05, 3.63) is 58.4 Å². The lowest BCUT2D eigenvalue weighted by Gasteiger charge is -2.37. The van der Waals surface area contributed by atoms with Gasteiger partial charge in [0.05, 0.1) is 18.8 Å². The molecule has 154 valence electrons. The molecule has 0 bridgehead atoms. The standard InChI is InChI=1S/C25H29FO3/c1-25(2)13-17-12-19(15-6-4-5-7-15)23(24(28)29-3)22(21(17)20(27)14-25)16-8-10-18(26)11-9-16/h8-12,15,20,27H,4-7,13-14H2,1-3H3/t20-/m0/s1. The van der Waals surface area contributed by atoms with E-state index in [1.807, 2.05) is 0 Å². The van der Waals surface area contributed by atoms with Crippen molar-refractivity contribution in [1.29, 1.82) is 0 Å². The van der Waals surface area contributed by atoms with Crippen LogP contribution in [0.4, 0.5) is 4.39 Å². The second-order valence-corrected chi connectivity index (χ2v) is 9.33. The molecule has 1 atom stereocenters. The molecule has 2 aliphatic carbocycles. The van der Waals surface area contributed by atoms with Crippen molar-refractivity contribution in [2.24, 2.45) is 5.41 Å². The van der Waals surface area contributed by atoms with Crippen molar-refractivity contribution in [2.45, 2.75) is 64.4 Å². The number of rotatable bonds is 3. The Morgan fingerprint density at radius 1 is 1.17 bits per heavy atom. The molecule has 0 amide bonds. The van der Waals surface area contributed by atoms with Gasteiger partial charge in [-0.15, -0.1) is 0 Å². The number of hydrogen-bond donors (Lipinski definition) is 1. The molecule has 4 rings (SSSR count). The molecule has 1 fully saturated rings. The van der Waals surface area contributed by atoms with E-state index in [1.54, 1.807) is 12.1 Å². The number of aliphatic hydroxyl groups excluding tert-OH is 1. The number of methoxy groups -OCH3 is 1. The maximum atomic E-state index is 13.6. The fourth-order valence-corrected chi connectivity index (χ4v) is 5.31. The summed E-state index contributed by atoms with van der Waals surface area (Å²) in [5, 5.41) is 11.1. The van der Waals surface area contributed by atoms with E-state index >= 15 is 0 Å². The van der Waals surface area contributed by atoms with Crippen LogP contribution in [0.3, 0.4) is 0 Å². The molecule has 2 aromatic carbocycles. The second kappa shape index (κ2) is 7.56. The lowest BCUT2D eigenvalue weighted by Crippen LogP contribution is -2.28. The van der Waals surface area contributed by atoms with Gasteiger partial charge in [-0.25, -0.2) is 9.18 Å². The number of carbonyl (C=O) groups is 1. The van der Waals surface area contributed by atoms with E-state index in [1.165, 1.54) is 19.2 Å². The van der Waals surface area contributed by atoms with E-state index < -0.39 is 6.10 Å². The van der Waals surface area contributed by atoms with E-state index in [0.717, 1.165) is 59.9 Å². The van der Waals surface area contributed by atoms with Gasteiger partial charge in [-0.1, -0.05) is 44.9 Å². The van der Waals surface area contributed by atoms with Gasteiger partial charge in [-0.05, 0) is 71.4 Å². The smallest absolute Gasteiger partial charge is 0.338 e. The van der Waals surface area contributed by atoms with Crippen molar-refractivity contribution in [1.82, 2.24) is 0 Å². The van der Waals surface area contributed by atoms with Gasteiger partial charge < -0.3 is 9.84 Å². The molecule has 29 heavy (non-hydrogen) atoms. The summed E-state index contributed by atoms with van der Waals surface area (Å²) in [6.07, 6.45) is 5.21. The van der Waals surface area contributed by atoms with E-state index in [9.17, 15) is 14.3 Å². The van der Waals surface area contributed by atoms with Crippen molar-refractivity contribution in [3.8, 4) is 11.1 Å². The molecule has 2 aromatic rings. The molecule has 0 spiro atoms. The summed E-state index contributed by atoms with van der Waals surface area (Å²) in [4.78, 5) is 13.0. The van der Waals surface area contributed by atoms with Crippen LogP contribution in [0.2, 0.25) is 0 Å². The Morgan fingerprint density at radius 2 is 1.83 bits per heavy atom. The Hall–Kier alpha value is -2.20. The molecule has 3 nitrogen and oxygen atoms in total. The molecule has 4 heteroatoms. The van der Waals surface area contributed by atoms with Crippen LogP contribution in [0.1, 0.15) is 85.0 Å². The zero-order chi connectivity index (χ0) is 20.8. The van der Waals surface area contributed by atoms with Gasteiger partial charge in [0.15, 0.2) is 0 Å². The summed E-state index contributed by atoms with van der Waals surface area (Å²) in [7, 11) is 1.40. The summed E-state index contributed by atoms with van der Waals surface area (Å²) >= 11 is 0. The van der Waals surface area contributed by atoms with Crippen LogP contribution in [0.15, 0.2) is 30.3 Å². The highest BCUT2D eigenvalue weighted by molar-refractivity contribution is 6.00. The normalized spacial score (nSPS) is 21.1. The van der Waals surface area contributed by atoms with E-state index in [-0.39, 0.29) is 17.2 Å². The molecule has 1 N–H and O–H groups in total. The Kier molecular flexibility index (Phi) is 5.24. The van der Waals surface area contributed by atoms with Crippen molar-refractivity contribution in [3.63, 3.8) is 0 Å². The van der Waals surface area contributed by atoms with E-state index in [4.69, 9.17) is 4.74 Å². The molecule has 0 unspecified atom stereocenters. The molecule has 1 saturated carbocycles. The Labute approximate surface area is 171 Å². The lowest BCUT2D eigenvalue weighted by molar-refractivity contribution is 0.0599. The summed E-state index contributed by atoms with van der Waals surface area (Å²) in [5.41, 5.74) is 4.93. The minimum atomic E-state index is -0.671. The van der Waals surface area contributed by atoms with Crippen LogP contribution in [-0.4, -0.2) is 18.2 Å². The first kappa shape index (κ1) is 20.1. The largest absolute Gasteiger partial charge is 0.465 e. The minimum Gasteiger partial charge on any atom is -0.465 e. The van der Waals surface area contributed by atoms with Gasteiger partial charge in [0.1, 0.15) is 5.82 Å². The highest BCUT2D eigenvalue weighted by atomic mass is 19.1.